The van der Waals surface area contributed by atoms with Gasteiger partial charge in [-0.15, -0.1) is 0 Å². The normalized spacial score (nSPS) is 12.0. The van der Waals surface area contributed by atoms with Crippen LogP contribution in [0.15, 0.2) is 23.2 Å². The summed E-state index contributed by atoms with van der Waals surface area (Å²) in [5.74, 6) is 0. The Bertz CT molecular complexity index is 445. The largest absolute Gasteiger partial charge is 0.244 e. The number of hydrogen-bond donors (Lipinski definition) is 0. The van der Waals surface area contributed by atoms with Crippen LogP contribution < -0.4 is 0 Å². The van der Waals surface area contributed by atoms with Crippen molar-refractivity contribution in [2.24, 2.45) is 0 Å². The van der Waals surface area contributed by atoms with Crippen molar-refractivity contribution < 1.29 is 8.42 Å². The molecule has 0 saturated heterocycles. The summed E-state index contributed by atoms with van der Waals surface area (Å²) >= 11 is 5.64. The third-order valence-electron chi connectivity index (χ3n) is 2.45. The summed E-state index contributed by atoms with van der Waals surface area (Å²) in [6.45, 7) is 4.86. The lowest BCUT2D eigenvalue weighted by atomic mass is 10.3. The molecule has 0 spiro atoms. The SMILES string of the molecule is CCCCN(CC)S(=O)(=O)c1ccc(Cl)nc1. The number of aromatic nitrogens is 1. The fraction of sp³-hybridized carbons (Fsp3) is 0.545. The molecule has 4 nitrogen and oxygen atoms in total. The molecular weight excluding hydrogens is 260 g/mol. The van der Waals surface area contributed by atoms with Crippen LogP contribution in [-0.2, 0) is 10.0 Å². The molecule has 1 aromatic rings. The van der Waals surface area contributed by atoms with E-state index in [1.54, 1.807) is 0 Å². The predicted molar refractivity (Wildman–Crippen MR) is 68.6 cm³/mol. The van der Waals surface area contributed by atoms with Crippen LogP contribution in [0.3, 0.4) is 0 Å². The first kappa shape index (κ1) is 14.4. The zero-order valence-electron chi connectivity index (χ0n) is 10.1. The second-order valence-electron chi connectivity index (χ2n) is 3.67. The van der Waals surface area contributed by atoms with Crippen molar-refractivity contribution in [3.8, 4) is 0 Å². The molecule has 0 aromatic carbocycles. The molecule has 0 unspecified atom stereocenters. The number of halogens is 1. The number of sulfonamides is 1. The van der Waals surface area contributed by atoms with Crippen LogP contribution in [0.5, 0.6) is 0 Å². The van der Waals surface area contributed by atoms with Gasteiger partial charge >= 0.3 is 0 Å². The smallest absolute Gasteiger partial charge is 0.243 e. The molecule has 0 saturated carbocycles. The average Bonchev–Trinajstić information content (AvgIpc) is 2.30. The molecule has 6 heteroatoms. The molecule has 0 radical (unpaired) electrons. The van der Waals surface area contributed by atoms with Gasteiger partial charge in [-0.05, 0) is 18.6 Å². The summed E-state index contributed by atoms with van der Waals surface area (Å²) in [5.41, 5.74) is 0. The molecular formula is C11H17ClN2O2S. The van der Waals surface area contributed by atoms with Crippen LogP contribution in [0.2, 0.25) is 5.15 Å². The highest BCUT2D eigenvalue weighted by atomic mass is 35.5. The van der Waals surface area contributed by atoms with Crippen LogP contribution in [0.25, 0.3) is 0 Å². The number of hydrogen-bond acceptors (Lipinski definition) is 3. The quantitative estimate of drug-likeness (QED) is 0.750. The van der Waals surface area contributed by atoms with E-state index in [4.69, 9.17) is 11.6 Å². The molecule has 1 heterocycles. The van der Waals surface area contributed by atoms with E-state index < -0.39 is 10.0 Å². The van der Waals surface area contributed by atoms with Crippen molar-refractivity contribution in [2.75, 3.05) is 13.1 Å². The van der Waals surface area contributed by atoms with E-state index >= 15 is 0 Å². The van der Waals surface area contributed by atoms with Gasteiger partial charge in [0.15, 0.2) is 0 Å². The van der Waals surface area contributed by atoms with Crippen LogP contribution in [0.4, 0.5) is 0 Å². The summed E-state index contributed by atoms with van der Waals surface area (Å²) < 4.78 is 25.9. The molecule has 17 heavy (non-hydrogen) atoms. The monoisotopic (exact) mass is 276 g/mol. The molecule has 0 amide bonds. The lowest BCUT2D eigenvalue weighted by molar-refractivity contribution is 0.418. The fourth-order valence-corrected chi connectivity index (χ4v) is 2.99. The standard InChI is InChI=1S/C11H17ClN2O2S/c1-3-5-8-14(4-2)17(15,16)10-6-7-11(12)13-9-10/h6-7,9H,3-5,8H2,1-2H3. The third-order valence-corrected chi connectivity index (χ3v) is 4.63. The second-order valence-corrected chi connectivity index (χ2v) is 5.99. The number of nitrogens with zero attached hydrogens (tertiary/aromatic N) is 2. The molecule has 1 rings (SSSR count). The Kier molecular flexibility index (Phi) is 5.36. The number of unbranched alkanes of at least 4 members (excludes halogenated alkanes) is 1. The number of rotatable bonds is 6. The van der Waals surface area contributed by atoms with Gasteiger partial charge in [-0.25, -0.2) is 13.4 Å². The van der Waals surface area contributed by atoms with Crippen LogP contribution >= 0.6 is 11.6 Å². The van der Waals surface area contributed by atoms with Gasteiger partial charge in [-0.1, -0.05) is 31.9 Å². The Hall–Kier alpha value is -0.650. The maximum Gasteiger partial charge on any atom is 0.244 e. The zero-order chi connectivity index (χ0) is 12.9. The minimum Gasteiger partial charge on any atom is -0.243 e. The lowest BCUT2D eigenvalue weighted by Crippen LogP contribution is -2.31. The summed E-state index contributed by atoms with van der Waals surface area (Å²) in [5, 5.41) is 0.292. The fourth-order valence-electron chi connectivity index (χ4n) is 1.45. The molecule has 0 fully saturated rings. The molecule has 0 N–H and O–H groups in total. The van der Waals surface area contributed by atoms with E-state index in [0.717, 1.165) is 12.8 Å². The molecule has 96 valence electrons. The minimum atomic E-state index is -3.43. The van der Waals surface area contributed by atoms with Gasteiger partial charge in [0.1, 0.15) is 10.0 Å². The summed E-state index contributed by atoms with van der Waals surface area (Å²) in [6, 6.07) is 2.97. The van der Waals surface area contributed by atoms with E-state index in [-0.39, 0.29) is 4.90 Å². The van der Waals surface area contributed by atoms with E-state index in [1.165, 1.54) is 22.6 Å². The minimum absolute atomic E-state index is 0.194. The highest BCUT2D eigenvalue weighted by Crippen LogP contribution is 2.16. The average molecular weight is 277 g/mol. The van der Waals surface area contributed by atoms with Gasteiger partial charge in [0.25, 0.3) is 0 Å². The number of pyridine rings is 1. The third kappa shape index (κ3) is 3.66. The maximum atomic E-state index is 12.2. The van der Waals surface area contributed by atoms with Gasteiger partial charge in [0, 0.05) is 19.3 Å². The Morgan fingerprint density at radius 3 is 2.53 bits per heavy atom. The van der Waals surface area contributed by atoms with Crippen molar-refractivity contribution in [1.82, 2.24) is 9.29 Å². The van der Waals surface area contributed by atoms with Crippen molar-refractivity contribution >= 4 is 21.6 Å². The van der Waals surface area contributed by atoms with Gasteiger partial charge in [0.05, 0.1) is 0 Å². The van der Waals surface area contributed by atoms with Crippen molar-refractivity contribution in [3.05, 3.63) is 23.5 Å². The first-order chi connectivity index (χ1) is 8.02. The molecule has 0 aliphatic rings. The van der Waals surface area contributed by atoms with E-state index in [2.05, 4.69) is 4.98 Å². The van der Waals surface area contributed by atoms with E-state index in [1.807, 2.05) is 13.8 Å². The first-order valence-electron chi connectivity index (χ1n) is 5.64. The van der Waals surface area contributed by atoms with Crippen molar-refractivity contribution in [2.45, 2.75) is 31.6 Å². The highest BCUT2D eigenvalue weighted by molar-refractivity contribution is 7.89. The summed E-state index contributed by atoms with van der Waals surface area (Å²) in [4.78, 5) is 4.00. The Morgan fingerprint density at radius 1 is 1.35 bits per heavy atom. The molecule has 0 aliphatic carbocycles. The van der Waals surface area contributed by atoms with Gasteiger partial charge in [-0.3, -0.25) is 0 Å². The molecule has 0 bridgehead atoms. The van der Waals surface area contributed by atoms with Crippen molar-refractivity contribution in [3.63, 3.8) is 0 Å². The molecule has 1 aromatic heterocycles. The zero-order valence-corrected chi connectivity index (χ0v) is 11.6. The molecule has 0 aliphatic heterocycles. The highest BCUT2D eigenvalue weighted by Gasteiger charge is 2.22. The van der Waals surface area contributed by atoms with Gasteiger partial charge < -0.3 is 0 Å². The Balaban J connectivity index is 2.95. The van der Waals surface area contributed by atoms with E-state index in [9.17, 15) is 8.42 Å². The van der Waals surface area contributed by atoms with Crippen LogP contribution in [-0.4, -0.2) is 30.8 Å². The second kappa shape index (κ2) is 6.33. The maximum absolute atomic E-state index is 12.2. The topological polar surface area (TPSA) is 50.3 Å². The first-order valence-corrected chi connectivity index (χ1v) is 7.45. The Morgan fingerprint density at radius 2 is 2.06 bits per heavy atom. The summed E-state index contributed by atoms with van der Waals surface area (Å²) in [6.07, 6.45) is 3.12. The van der Waals surface area contributed by atoms with Crippen LogP contribution in [0.1, 0.15) is 26.7 Å². The Labute approximate surface area is 108 Å². The van der Waals surface area contributed by atoms with Crippen LogP contribution in [0, 0.1) is 0 Å². The summed E-state index contributed by atoms with van der Waals surface area (Å²) in [7, 11) is -3.43. The van der Waals surface area contributed by atoms with Gasteiger partial charge in [0.2, 0.25) is 10.0 Å². The predicted octanol–water partition coefficient (Wildman–Crippen LogP) is 2.55. The van der Waals surface area contributed by atoms with Gasteiger partial charge in [-0.2, -0.15) is 4.31 Å². The lowest BCUT2D eigenvalue weighted by Gasteiger charge is -2.19. The van der Waals surface area contributed by atoms with E-state index in [0.29, 0.717) is 18.2 Å². The molecule has 0 atom stereocenters. The van der Waals surface area contributed by atoms with Crippen molar-refractivity contribution in [1.29, 1.82) is 0 Å².